The van der Waals surface area contributed by atoms with E-state index in [9.17, 15) is 0 Å². The maximum Gasteiger partial charge on any atom is 0.122 e. The molecule has 0 unspecified atom stereocenters. The molecule has 5 heteroatoms. The lowest BCUT2D eigenvalue weighted by Crippen LogP contribution is -3.00. The van der Waals surface area contributed by atoms with Crippen LogP contribution in [0.15, 0.2) is 66.3 Å². The SMILES string of the molecule is [Cl-].c1csc(COc2ccc(CNCc3ccncc3)cc2)c1. The van der Waals surface area contributed by atoms with Crippen LogP contribution in [-0.2, 0) is 19.7 Å². The lowest BCUT2D eigenvalue weighted by molar-refractivity contribution is -0.00000481. The standard InChI is InChI=1S/C18H18N2OS.ClH/c1-2-18(22-11-1)14-21-17-5-3-15(4-6-17)12-20-13-16-7-9-19-10-8-16;/h1-11,20H,12-14H2;1H/p-1. The molecule has 0 atom stereocenters. The third-order valence-corrected chi connectivity index (χ3v) is 4.14. The van der Waals surface area contributed by atoms with E-state index in [1.54, 1.807) is 11.3 Å². The second-order valence-electron chi connectivity index (χ2n) is 4.97. The summed E-state index contributed by atoms with van der Waals surface area (Å²) in [5.41, 5.74) is 2.49. The minimum absolute atomic E-state index is 0. The van der Waals surface area contributed by atoms with Crippen molar-refractivity contribution in [1.29, 1.82) is 0 Å². The fourth-order valence-electron chi connectivity index (χ4n) is 2.10. The van der Waals surface area contributed by atoms with Crippen LogP contribution in [0.1, 0.15) is 16.0 Å². The quantitative estimate of drug-likeness (QED) is 0.694. The van der Waals surface area contributed by atoms with Gasteiger partial charge in [-0.1, -0.05) is 18.2 Å². The maximum absolute atomic E-state index is 5.76. The van der Waals surface area contributed by atoms with Crippen molar-refractivity contribution in [3.05, 3.63) is 82.3 Å². The Morgan fingerprint density at radius 2 is 1.61 bits per heavy atom. The van der Waals surface area contributed by atoms with Gasteiger partial charge in [-0.05, 0) is 46.8 Å². The van der Waals surface area contributed by atoms with Gasteiger partial charge in [0.1, 0.15) is 12.4 Å². The zero-order chi connectivity index (χ0) is 15.0. The van der Waals surface area contributed by atoms with Gasteiger partial charge in [-0.15, -0.1) is 11.3 Å². The van der Waals surface area contributed by atoms with E-state index in [1.165, 1.54) is 16.0 Å². The molecule has 0 aliphatic rings. The summed E-state index contributed by atoms with van der Waals surface area (Å²) in [4.78, 5) is 5.26. The molecule has 3 rings (SSSR count). The lowest BCUT2D eigenvalue weighted by atomic mass is 10.2. The molecule has 0 amide bonds. The van der Waals surface area contributed by atoms with E-state index in [1.807, 2.05) is 42.7 Å². The minimum Gasteiger partial charge on any atom is -1.00 e. The van der Waals surface area contributed by atoms with Crippen molar-refractivity contribution in [3.8, 4) is 5.75 Å². The van der Waals surface area contributed by atoms with Gasteiger partial charge in [0.2, 0.25) is 0 Å². The summed E-state index contributed by atoms with van der Waals surface area (Å²) in [7, 11) is 0. The Bertz CT molecular complexity index is 672. The first-order valence-electron chi connectivity index (χ1n) is 7.24. The summed E-state index contributed by atoms with van der Waals surface area (Å²) >= 11 is 1.71. The van der Waals surface area contributed by atoms with Crippen LogP contribution in [0.2, 0.25) is 0 Å². The second-order valence-corrected chi connectivity index (χ2v) is 6.00. The van der Waals surface area contributed by atoms with E-state index < -0.39 is 0 Å². The van der Waals surface area contributed by atoms with Gasteiger partial charge in [-0.3, -0.25) is 4.98 Å². The molecule has 0 bridgehead atoms. The monoisotopic (exact) mass is 345 g/mol. The third kappa shape index (κ3) is 5.67. The second kappa shape index (κ2) is 9.30. The van der Waals surface area contributed by atoms with Crippen LogP contribution in [-0.4, -0.2) is 4.98 Å². The first-order chi connectivity index (χ1) is 10.9. The molecule has 0 radical (unpaired) electrons. The highest BCUT2D eigenvalue weighted by atomic mass is 35.5. The Kier molecular flexibility index (Phi) is 7.07. The van der Waals surface area contributed by atoms with Crippen molar-refractivity contribution in [2.45, 2.75) is 19.7 Å². The summed E-state index contributed by atoms with van der Waals surface area (Å²) in [6.07, 6.45) is 3.63. The Morgan fingerprint density at radius 1 is 0.913 bits per heavy atom. The molecule has 0 spiro atoms. The average Bonchev–Trinajstić information content (AvgIpc) is 3.09. The molecular weight excluding hydrogens is 328 g/mol. The predicted octanol–water partition coefficient (Wildman–Crippen LogP) is 1.02. The summed E-state index contributed by atoms with van der Waals surface area (Å²) in [5, 5.41) is 5.49. The Hall–Kier alpha value is -1.88. The summed E-state index contributed by atoms with van der Waals surface area (Å²) in [6.45, 7) is 2.32. The van der Waals surface area contributed by atoms with Crippen molar-refractivity contribution >= 4 is 11.3 Å². The number of rotatable bonds is 7. The Morgan fingerprint density at radius 3 is 2.26 bits per heavy atom. The smallest absolute Gasteiger partial charge is 0.122 e. The average molecular weight is 346 g/mol. The summed E-state index contributed by atoms with van der Waals surface area (Å²) < 4.78 is 5.76. The molecule has 1 aromatic carbocycles. The van der Waals surface area contributed by atoms with E-state index in [2.05, 4.69) is 33.9 Å². The van der Waals surface area contributed by atoms with E-state index in [0.29, 0.717) is 6.61 Å². The number of thiophene rings is 1. The van der Waals surface area contributed by atoms with E-state index in [0.717, 1.165) is 18.8 Å². The molecule has 0 saturated heterocycles. The number of aromatic nitrogens is 1. The van der Waals surface area contributed by atoms with Gasteiger partial charge in [0.25, 0.3) is 0 Å². The van der Waals surface area contributed by atoms with Crippen LogP contribution >= 0.6 is 11.3 Å². The number of hydrogen-bond acceptors (Lipinski definition) is 4. The molecule has 2 heterocycles. The molecule has 0 aliphatic heterocycles. The first-order valence-corrected chi connectivity index (χ1v) is 8.12. The number of ether oxygens (including phenoxy) is 1. The summed E-state index contributed by atoms with van der Waals surface area (Å²) in [5.74, 6) is 0.909. The number of benzene rings is 1. The van der Waals surface area contributed by atoms with Gasteiger partial charge >= 0.3 is 0 Å². The topological polar surface area (TPSA) is 34.1 Å². The number of hydrogen-bond donors (Lipinski definition) is 1. The number of nitrogens with one attached hydrogen (secondary N) is 1. The van der Waals surface area contributed by atoms with E-state index >= 15 is 0 Å². The zero-order valence-electron chi connectivity index (χ0n) is 12.6. The minimum atomic E-state index is 0. The van der Waals surface area contributed by atoms with Crippen LogP contribution in [0, 0.1) is 0 Å². The zero-order valence-corrected chi connectivity index (χ0v) is 14.2. The lowest BCUT2D eigenvalue weighted by Gasteiger charge is -2.07. The van der Waals surface area contributed by atoms with Crippen molar-refractivity contribution in [2.24, 2.45) is 0 Å². The van der Waals surface area contributed by atoms with E-state index in [4.69, 9.17) is 4.74 Å². The molecule has 23 heavy (non-hydrogen) atoms. The molecule has 1 N–H and O–H groups in total. The predicted molar refractivity (Wildman–Crippen MR) is 89.9 cm³/mol. The normalized spacial score (nSPS) is 10.1. The molecule has 120 valence electrons. The van der Waals surface area contributed by atoms with Crippen LogP contribution in [0.4, 0.5) is 0 Å². The largest absolute Gasteiger partial charge is 1.00 e. The highest BCUT2D eigenvalue weighted by Gasteiger charge is 1.98. The van der Waals surface area contributed by atoms with Crippen molar-refractivity contribution in [3.63, 3.8) is 0 Å². The van der Waals surface area contributed by atoms with Crippen LogP contribution < -0.4 is 22.5 Å². The highest BCUT2D eigenvalue weighted by molar-refractivity contribution is 7.09. The molecule has 3 nitrogen and oxygen atoms in total. The molecule has 0 saturated carbocycles. The van der Waals surface area contributed by atoms with Gasteiger partial charge in [0, 0.05) is 30.4 Å². The Balaban J connectivity index is 0.00000192. The molecule has 2 aromatic heterocycles. The van der Waals surface area contributed by atoms with Crippen molar-refractivity contribution in [2.75, 3.05) is 0 Å². The van der Waals surface area contributed by atoms with Crippen molar-refractivity contribution < 1.29 is 17.1 Å². The highest BCUT2D eigenvalue weighted by Crippen LogP contribution is 2.16. The first kappa shape index (κ1) is 17.5. The van der Waals surface area contributed by atoms with E-state index in [-0.39, 0.29) is 12.4 Å². The number of pyridine rings is 1. The maximum atomic E-state index is 5.76. The molecule has 0 fully saturated rings. The van der Waals surface area contributed by atoms with Crippen LogP contribution in [0.25, 0.3) is 0 Å². The van der Waals surface area contributed by atoms with Crippen molar-refractivity contribution in [1.82, 2.24) is 10.3 Å². The number of nitrogens with zero attached hydrogens (tertiary/aromatic N) is 1. The van der Waals surface area contributed by atoms with Gasteiger partial charge in [-0.2, -0.15) is 0 Å². The fourth-order valence-corrected chi connectivity index (χ4v) is 2.72. The summed E-state index contributed by atoms with van der Waals surface area (Å²) in [6, 6.07) is 16.4. The van der Waals surface area contributed by atoms with Crippen LogP contribution in [0.3, 0.4) is 0 Å². The fraction of sp³-hybridized carbons (Fsp3) is 0.167. The Labute approximate surface area is 146 Å². The number of halogens is 1. The van der Waals surface area contributed by atoms with Gasteiger partial charge < -0.3 is 22.5 Å². The molecule has 0 aliphatic carbocycles. The third-order valence-electron chi connectivity index (χ3n) is 3.29. The molecule has 3 aromatic rings. The van der Waals surface area contributed by atoms with Crippen LogP contribution in [0.5, 0.6) is 5.75 Å². The van der Waals surface area contributed by atoms with Gasteiger partial charge in [0.15, 0.2) is 0 Å². The van der Waals surface area contributed by atoms with Gasteiger partial charge in [-0.25, -0.2) is 0 Å². The van der Waals surface area contributed by atoms with Gasteiger partial charge in [0.05, 0.1) is 0 Å². The molecular formula is C18H18ClN2OS-.